The number of benzene rings is 1. The van der Waals surface area contributed by atoms with Crippen LogP contribution in [0.3, 0.4) is 0 Å². The number of anilines is 1. The molecule has 1 aliphatic rings. The molecule has 24 heavy (non-hydrogen) atoms. The maximum atomic E-state index is 12.4. The predicted octanol–water partition coefficient (Wildman–Crippen LogP) is 3.75. The zero-order chi connectivity index (χ0) is 17.1. The Hall–Kier alpha value is -2.47. The van der Waals surface area contributed by atoms with Crippen LogP contribution in [0.5, 0.6) is 0 Å². The Morgan fingerprint density at radius 2 is 2.04 bits per heavy atom. The average Bonchev–Trinajstić information content (AvgIpc) is 2.57. The Balaban J connectivity index is 1.80. The Morgan fingerprint density at radius 3 is 2.75 bits per heavy atom. The number of carbonyl (C=O) groups excluding carboxylic acids is 2. The van der Waals surface area contributed by atoms with Gasteiger partial charge in [-0.3, -0.25) is 9.59 Å². The smallest absolute Gasteiger partial charge is 0.227 e. The summed E-state index contributed by atoms with van der Waals surface area (Å²) in [5.41, 5.74) is 1.99. The van der Waals surface area contributed by atoms with Crippen LogP contribution < -0.4 is 5.32 Å². The Kier molecular flexibility index (Phi) is 4.76. The van der Waals surface area contributed by atoms with Gasteiger partial charge in [-0.15, -0.1) is 0 Å². The van der Waals surface area contributed by atoms with Crippen LogP contribution in [0.1, 0.15) is 30.5 Å². The summed E-state index contributed by atoms with van der Waals surface area (Å²) in [5.74, 6) is 0.198. The highest BCUT2D eigenvalue weighted by molar-refractivity contribution is 9.10. The number of nitrogens with zero attached hydrogens (tertiary/aromatic N) is 2. The summed E-state index contributed by atoms with van der Waals surface area (Å²) in [5, 5.41) is 2.77. The maximum Gasteiger partial charge on any atom is 0.227 e. The summed E-state index contributed by atoms with van der Waals surface area (Å²) in [6, 6.07) is 11.0. The van der Waals surface area contributed by atoms with Crippen molar-refractivity contribution >= 4 is 39.6 Å². The minimum atomic E-state index is -0.320. The van der Waals surface area contributed by atoms with Crippen molar-refractivity contribution in [2.45, 2.75) is 19.4 Å². The van der Waals surface area contributed by atoms with Crippen LogP contribution in [0.2, 0.25) is 0 Å². The van der Waals surface area contributed by atoms with Gasteiger partial charge in [0.1, 0.15) is 5.82 Å². The van der Waals surface area contributed by atoms with Crippen LogP contribution >= 0.6 is 15.9 Å². The van der Waals surface area contributed by atoms with E-state index in [2.05, 4.69) is 26.2 Å². The molecule has 6 heteroatoms. The molecule has 2 aromatic rings. The van der Waals surface area contributed by atoms with Crippen molar-refractivity contribution in [3.05, 3.63) is 64.4 Å². The van der Waals surface area contributed by atoms with Crippen molar-refractivity contribution in [2.75, 3.05) is 5.32 Å². The second kappa shape index (κ2) is 6.97. The normalized spacial score (nSPS) is 15.8. The molecule has 1 aliphatic heterocycles. The first kappa shape index (κ1) is 16.4. The third-order valence-corrected chi connectivity index (χ3v) is 4.31. The van der Waals surface area contributed by atoms with E-state index < -0.39 is 0 Å². The predicted molar refractivity (Wildman–Crippen MR) is 95.9 cm³/mol. The number of rotatable bonds is 3. The molecule has 0 fully saturated rings. The summed E-state index contributed by atoms with van der Waals surface area (Å²) in [6.45, 7) is 1.50. The van der Waals surface area contributed by atoms with E-state index in [0.29, 0.717) is 5.82 Å². The summed E-state index contributed by atoms with van der Waals surface area (Å²) in [6.07, 6.45) is 5.41. The van der Waals surface area contributed by atoms with Crippen LogP contribution in [0, 0.1) is 0 Å². The zero-order valence-corrected chi connectivity index (χ0v) is 14.7. The second-order valence-corrected chi connectivity index (χ2v) is 6.42. The lowest BCUT2D eigenvalue weighted by molar-refractivity contribution is -0.129. The zero-order valence-electron chi connectivity index (χ0n) is 13.1. The summed E-state index contributed by atoms with van der Waals surface area (Å²) in [4.78, 5) is 30.1. The highest BCUT2D eigenvalue weighted by Gasteiger charge is 2.28. The van der Waals surface area contributed by atoms with Crippen LogP contribution in [0.4, 0.5) is 5.82 Å². The Morgan fingerprint density at radius 1 is 1.25 bits per heavy atom. The lowest BCUT2D eigenvalue weighted by atomic mass is 9.93. The van der Waals surface area contributed by atoms with Crippen LogP contribution in [0.15, 0.2) is 53.3 Å². The molecule has 0 bridgehead atoms. The molecule has 2 amide bonds. The van der Waals surface area contributed by atoms with E-state index in [4.69, 9.17) is 0 Å². The number of amides is 2. The van der Waals surface area contributed by atoms with Gasteiger partial charge in [0.2, 0.25) is 11.8 Å². The van der Waals surface area contributed by atoms with Gasteiger partial charge >= 0.3 is 0 Å². The van der Waals surface area contributed by atoms with Gasteiger partial charge < -0.3 is 10.2 Å². The molecule has 0 saturated carbocycles. The summed E-state index contributed by atoms with van der Waals surface area (Å²) in [7, 11) is 0. The highest BCUT2D eigenvalue weighted by atomic mass is 79.9. The molecule has 1 unspecified atom stereocenters. The van der Waals surface area contributed by atoms with Gasteiger partial charge in [-0.1, -0.05) is 24.3 Å². The van der Waals surface area contributed by atoms with Crippen LogP contribution in [-0.4, -0.2) is 21.7 Å². The van der Waals surface area contributed by atoms with Crippen molar-refractivity contribution in [2.24, 2.45) is 0 Å². The van der Waals surface area contributed by atoms with E-state index in [9.17, 15) is 9.59 Å². The van der Waals surface area contributed by atoms with Gasteiger partial charge in [0.05, 0.1) is 12.5 Å². The second-order valence-electron chi connectivity index (χ2n) is 5.50. The van der Waals surface area contributed by atoms with Gasteiger partial charge in [-0.05, 0) is 45.3 Å². The van der Waals surface area contributed by atoms with Crippen molar-refractivity contribution in [3.63, 3.8) is 0 Å². The minimum Gasteiger partial charge on any atom is -0.311 e. The first-order valence-electron chi connectivity index (χ1n) is 7.52. The Bertz CT molecular complexity index is 802. The molecule has 2 heterocycles. The number of nitrogens with one attached hydrogen (secondary N) is 1. The van der Waals surface area contributed by atoms with Gasteiger partial charge in [-0.2, -0.15) is 0 Å². The molecule has 0 saturated heterocycles. The lowest BCUT2D eigenvalue weighted by Crippen LogP contribution is -2.33. The topological polar surface area (TPSA) is 62.3 Å². The van der Waals surface area contributed by atoms with Crippen molar-refractivity contribution in [3.8, 4) is 0 Å². The molecule has 1 aromatic heterocycles. The molecule has 0 radical (unpaired) electrons. The first-order chi connectivity index (χ1) is 11.5. The first-order valence-corrected chi connectivity index (χ1v) is 8.31. The number of hydrogen-bond donors (Lipinski definition) is 1. The van der Waals surface area contributed by atoms with Gasteiger partial charge in [0.15, 0.2) is 0 Å². The number of aromatic nitrogens is 1. The molecule has 5 nitrogen and oxygen atoms in total. The molecule has 1 aromatic carbocycles. The number of carbonyl (C=O) groups is 2. The SMILES string of the molecule is CC(=O)N1C=Cc2ccccc2C1CC(=O)Nc1ccc(Br)cn1. The average molecular weight is 386 g/mol. The standard InChI is InChI=1S/C18H16BrN3O2/c1-12(23)22-9-8-13-4-2-3-5-15(13)16(22)10-18(24)21-17-7-6-14(19)11-20-17/h2-9,11,16H,10H2,1H3,(H,20,21,24). The quantitative estimate of drug-likeness (QED) is 0.874. The largest absolute Gasteiger partial charge is 0.311 e. The van der Waals surface area contributed by atoms with Crippen molar-refractivity contribution in [1.82, 2.24) is 9.88 Å². The lowest BCUT2D eigenvalue weighted by Gasteiger charge is -2.32. The molecular weight excluding hydrogens is 370 g/mol. The van der Waals surface area contributed by atoms with Gasteiger partial charge in [0.25, 0.3) is 0 Å². The summed E-state index contributed by atoms with van der Waals surface area (Å²) < 4.78 is 0.842. The van der Waals surface area contributed by atoms with E-state index in [1.165, 1.54) is 6.92 Å². The molecule has 1 atom stereocenters. The van der Waals surface area contributed by atoms with Gasteiger partial charge in [-0.25, -0.2) is 4.98 Å². The third kappa shape index (κ3) is 3.54. The maximum absolute atomic E-state index is 12.4. The fourth-order valence-corrected chi connectivity index (χ4v) is 2.97. The van der Waals surface area contributed by atoms with Crippen LogP contribution in [-0.2, 0) is 9.59 Å². The monoisotopic (exact) mass is 385 g/mol. The number of pyridine rings is 1. The van der Waals surface area contributed by atoms with Gasteiger partial charge in [0, 0.05) is 23.8 Å². The van der Waals surface area contributed by atoms with E-state index in [0.717, 1.165) is 15.6 Å². The molecule has 1 N–H and O–H groups in total. The molecule has 0 spiro atoms. The minimum absolute atomic E-state index is 0.0969. The third-order valence-electron chi connectivity index (χ3n) is 3.84. The molecule has 122 valence electrons. The fourth-order valence-electron chi connectivity index (χ4n) is 2.73. The van der Waals surface area contributed by atoms with Crippen LogP contribution in [0.25, 0.3) is 6.08 Å². The molecule has 3 rings (SSSR count). The fraction of sp³-hybridized carbons (Fsp3) is 0.167. The van der Waals surface area contributed by atoms with Crippen molar-refractivity contribution in [1.29, 1.82) is 0 Å². The number of hydrogen-bond acceptors (Lipinski definition) is 3. The number of fused-ring (bicyclic) bond motifs is 1. The van der Waals surface area contributed by atoms with Crippen molar-refractivity contribution < 1.29 is 9.59 Å². The number of halogens is 1. The van der Waals surface area contributed by atoms with E-state index >= 15 is 0 Å². The van der Waals surface area contributed by atoms with E-state index in [1.54, 1.807) is 23.4 Å². The molecule has 0 aliphatic carbocycles. The Labute approximate surface area is 148 Å². The van der Waals surface area contributed by atoms with E-state index in [1.807, 2.05) is 36.4 Å². The highest BCUT2D eigenvalue weighted by Crippen LogP contribution is 2.33. The van der Waals surface area contributed by atoms with E-state index in [-0.39, 0.29) is 24.3 Å². The molecular formula is C18H16BrN3O2. The summed E-state index contributed by atoms with van der Waals surface area (Å²) >= 11 is 3.31.